The molecule has 2 rings (SSSR count). The molecule has 1 aromatic rings. The van der Waals surface area contributed by atoms with Gasteiger partial charge in [0, 0.05) is 25.0 Å². The lowest BCUT2D eigenvalue weighted by atomic mass is 10.1. The van der Waals surface area contributed by atoms with Crippen molar-refractivity contribution in [1.29, 1.82) is 0 Å². The zero-order valence-electron chi connectivity index (χ0n) is 10.2. The van der Waals surface area contributed by atoms with Crippen molar-refractivity contribution in [2.45, 2.75) is 25.2 Å². The number of nitrogens with zero attached hydrogens (tertiary/aromatic N) is 3. The number of amides is 2. The predicted octanol–water partition coefficient (Wildman–Crippen LogP) is 0.711. The molecule has 2 atom stereocenters. The summed E-state index contributed by atoms with van der Waals surface area (Å²) in [6, 6.07) is -0.700. The maximum Gasteiger partial charge on any atom is 0.317 e. The van der Waals surface area contributed by atoms with Crippen LogP contribution < -0.4 is 11.1 Å². The molecule has 3 N–H and O–H groups in total. The van der Waals surface area contributed by atoms with Crippen LogP contribution >= 0.6 is 11.6 Å². The zero-order chi connectivity index (χ0) is 13.8. The van der Waals surface area contributed by atoms with E-state index < -0.39 is 6.17 Å². The van der Waals surface area contributed by atoms with Crippen LogP contribution in [0.5, 0.6) is 0 Å². The van der Waals surface area contributed by atoms with Gasteiger partial charge in [0.2, 0.25) is 0 Å². The highest BCUT2D eigenvalue weighted by molar-refractivity contribution is 6.29. The molecule has 0 aliphatic carbocycles. The second-order valence-corrected chi connectivity index (χ2v) is 4.81. The summed E-state index contributed by atoms with van der Waals surface area (Å²) >= 11 is 5.82. The summed E-state index contributed by atoms with van der Waals surface area (Å²) in [5.74, 6) is 0. The summed E-state index contributed by atoms with van der Waals surface area (Å²) in [7, 11) is 0. The second-order valence-electron chi connectivity index (χ2n) is 4.45. The Bertz CT molecular complexity index is 450. The van der Waals surface area contributed by atoms with Crippen LogP contribution in [-0.4, -0.2) is 46.2 Å². The van der Waals surface area contributed by atoms with Crippen LogP contribution in [0, 0.1) is 0 Å². The van der Waals surface area contributed by atoms with Crippen LogP contribution in [0.2, 0.25) is 5.15 Å². The molecular weight excluding hydrogens is 273 g/mol. The van der Waals surface area contributed by atoms with Gasteiger partial charge in [-0.25, -0.2) is 14.2 Å². The van der Waals surface area contributed by atoms with E-state index in [0.29, 0.717) is 18.7 Å². The number of nitrogens with two attached hydrogens (primary N) is 1. The van der Waals surface area contributed by atoms with E-state index in [4.69, 9.17) is 17.3 Å². The van der Waals surface area contributed by atoms with E-state index >= 15 is 0 Å². The first-order valence-corrected chi connectivity index (χ1v) is 6.32. The van der Waals surface area contributed by atoms with Gasteiger partial charge in [-0.05, 0) is 6.42 Å². The average molecular weight is 288 g/mol. The van der Waals surface area contributed by atoms with Crippen molar-refractivity contribution < 1.29 is 9.18 Å². The Balaban J connectivity index is 1.89. The fourth-order valence-corrected chi connectivity index (χ4v) is 2.15. The second kappa shape index (κ2) is 6.12. The van der Waals surface area contributed by atoms with Crippen molar-refractivity contribution in [1.82, 2.24) is 20.2 Å². The molecule has 0 radical (unpaired) electrons. The van der Waals surface area contributed by atoms with Crippen molar-refractivity contribution in [3.63, 3.8) is 0 Å². The van der Waals surface area contributed by atoms with E-state index in [-0.39, 0.29) is 30.3 Å². The van der Waals surface area contributed by atoms with E-state index in [0.717, 1.165) is 0 Å². The fraction of sp³-hybridized carbons (Fsp3) is 0.545. The SMILES string of the molecule is N[C@@H]1C[C@@H](F)CN(C(=O)NCc2nccnc2Cl)C1. The molecule has 1 aliphatic rings. The van der Waals surface area contributed by atoms with Crippen molar-refractivity contribution in [3.05, 3.63) is 23.2 Å². The Hall–Kier alpha value is -1.47. The quantitative estimate of drug-likeness (QED) is 0.839. The molecule has 0 aromatic carbocycles. The van der Waals surface area contributed by atoms with Gasteiger partial charge in [0.1, 0.15) is 6.17 Å². The molecule has 104 valence electrons. The summed E-state index contributed by atoms with van der Waals surface area (Å²) in [6.45, 7) is 0.558. The highest BCUT2D eigenvalue weighted by atomic mass is 35.5. The minimum absolute atomic E-state index is 0.0632. The van der Waals surface area contributed by atoms with Gasteiger partial charge < -0.3 is 16.0 Å². The number of nitrogens with one attached hydrogen (secondary N) is 1. The number of alkyl halides is 1. The number of likely N-dealkylation sites (tertiary alicyclic amines) is 1. The van der Waals surface area contributed by atoms with Gasteiger partial charge in [0.25, 0.3) is 0 Å². The summed E-state index contributed by atoms with van der Waals surface area (Å²) in [5.41, 5.74) is 6.15. The topological polar surface area (TPSA) is 84.1 Å². The molecule has 0 spiro atoms. The van der Waals surface area contributed by atoms with E-state index in [2.05, 4.69) is 15.3 Å². The molecule has 0 saturated carbocycles. The molecule has 1 saturated heterocycles. The van der Waals surface area contributed by atoms with Crippen LogP contribution in [0.3, 0.4) is 0 Å². The molecular formula is C11H15ClFN5O. The molecule has 1 aliphatic heterocycles. The number of rotatable bonds is 2. The Morgan fingerprint density at radius 3 is 2.95 bits per heavy atom. The smallest absolute Gasteiger partial charge is 0.317 e. The highest BCUT2D eigenvalue weighted by Gasteiger charge is 2.27. The minimum atomic E-state index is -1.07. The molecule has 19 heavy (non-hydrogen) atoms. The standard InChI is InChI=1S/C11H15ClFN5O/c12-10-9(15-1-2-16-10)4-17-11(19)18-5-7(13)3-8(14)6-18/h1-2,7-8H,3-6,14H2,(H,17,19)/t7-,8-/m1/s1. The normalized spacial score (nSPS) is 23.2. The Kier molecular flexibility index (Phi) is 4.49. The van der Waals surface area contributed by atoms with Crippen molar-refractivity contribution in [2.75, 3.05) is 13.1 Å². The van der Waals surface area contributed by atoms with Crippen LogP contribution in [0.1, 0.15) is 12.1 Å². The predicted molar refractivity (Wildman–Crippen MR) is 68.3 cm³/mol. The third-order valence-electron chi connectivity index (χ3n) is 2.85. The monoisotopic (exact) mass is 287 g/mol. The van der Waals surface area contributed by atoms with Crippen LogP contribution in [0.25, 0.3) is 0 Å². The van der Waals surface area contributed by atoms with Gasteiger partial charge in [0.15, 0.2) is 5.15 Å². The number of hydrogen-bond donors (Lipinski definition) is 2. The van der Waals surface area contributed by atoms with Crippen LogP contribution in [0.15, 0.2) is 12.4 Å². The van der Waals surface area contributed by atoms with E-state index in [9.17, 15) is 9.18 Å². The number of piperidine rings is 1. The van der Waals surface area contributed by atoms with Gasteiger partial charge in [0.05, 0.1) is 18.8 Å². The first kappa shape index (κ1) is 14.0. The molecule has 0 unspecified atom stereocenters. The van der Waals surface area contributed by atoms with E-state index in [1.54, 1.807) is 0 Å². The average Bonchev–Trinajstić information content (AvgIpc) is 2.36. The van der Waals surface area contributed by atoms with Crippen molar-refractivity contribution in [2.24, 2.45) is 5.73 Å². The fourth-order valence-electron chi connectivity index (χ4n) is 1.98. The van der Waals surface area contributed by atoms with Crippen LogP contribution in [0.4, 0.5) is 9.18 Å². The van der Waals surface area contributed by atoms with Gasteiger partial charge >= 0.3 is 6.03 Å². The third kappa shape index (κ3) is 3.74. The Morgan fingerprint density at radius 1 is 1.53 bits per heavy atom. The summed E-state index contributed by atoms with van der Waals surface area (Å²) in [5, 5.41) is 2.87. The van der Waals surface area contributed by atoms with E-state index in [1.807, 2.05) is 0 Å². The molecule has 0 bridgehead atoms. The first-order valence-electron chi connectivity index (χ1n) is 5.94. The van der Waals surface area contributed by atoms with Gasteiger partial charge in [-0.15, -0.1) is 0 Å². The van der Waals surface area contributed by atoms with Crippen molar-refractivity contribution in [3.8, 4) is 0 Å². The number of carbonyl (C=O) groups is 1. The summed E-state index contributed by atoms with van der Waals surface area (Å²) in [4.78, 5) is 21.1. The minimum Gasteiger partial charge on any atom is -0.332 e. The summed E-state index contributed by atoms with van der Waals surface area (Å²) in [6.07, 6.45) is 2.17. The lowest BCUT2D eigenvalue weighted by Crippen LogP contribution is -2.53. The van der Waals surface area contributed by atoms with Gasteiger partial charge in [-0.3, -0.25) is 4.98 Å². The Morgan fingerprint density at radius 2 is 2.26 bits per heavy atom. The largest absolute Gasteiger partial charge is 0.332 e. The number of urea groups is 1. The van der Waals surface area contributed by atoms with Crippen molar-refractivity contribution >= 4 is 17.6 Å². The number of carbonyl (C=O) groups excluding carboxylic acids is 1. The maximum absolute atomic E-state index is 13.3. The first-order chi connectivity index (χ1) is 9.06. The number of aromatic nitrogens is 2. The third-order valence-corrected chi connectivity index (χ3v) is 3.16. The molecule has 2 heterocycles. The maximum atomic E-state index is 13.3. The highest BCUT2D eigenvalue weighted by Crippen LogP contribution is 2.13. The van der Waals surface area contributed by atoms with Gasteiger partial charge in [-0.2, -0.15) is 0 Å². The molecule has 1 fully saturated rings. The number of halogens is 2. The molecule has 6 nitrogen and oxygen atoms in total. The lowest BCUT2D eigenvalue weighted by molar-refractivity contribution is 0.133. The molecule has 2 amide bonds. The van der Waals surface area contributed by atoms with E-state index in [1.165, 1.54) is 17.3 Å². The van der Waals surface area contributed by atoms with Gasteiger partial charge in [-0.1, -0.05) is 11.6 Å². The van der Waals surface area contributed by atoms with Crippen LogP contribution in [-0.2, 0) is 6.54 Å². The Labute approximate surface area is 115 Å². The molecule has 1 aromatic heterocycles. The number of hydrogen-bond acceptors (Lipinski definition) is 4. The summed E-state index contributed by atoms with van der Waals surface area (Å²) < 4.78 is 13.3. The lowest BCUT2D eigenvalue weighted by Gasteiger charge is -2.32. The zero-order valence-corrected chi connectivity index (χ0v) is 11.0. The molecule has 8 heteroatoms.